The lowest BCUT2D eigenvalue weighted by Gasteiger charge is -2.09. The average molecular weight is 396 g/mol. The van der Waals surface area contributed by atoms with Crippen molar-refractivity contribution < 1.29 is 19.1 Å². The van der Waals surface area contributed by atoms with Gasteiger partial charge in [0.05, 0.1) is 12.0 Å². The van der Waals surface area contributed by atoms with E-state index in [0.29, 0.717) is 28.4 Å². The number of hydrogen-bond donors (Lipinski definition) is 0. The van der Waals surface area contributed by atoms with Crippen LogP contribution in [0, 0.1) is 13.8 Å². The first-order chi connectivity index (χ1) is 13.0. The van der Waals surface area contributed by atoms with Gasteiger partial charge < -0.3 is 9.47 Å². The fourth-order valence-electron chi connectivity index (χ4n) is 2.84. The summed E-state index contributed by atoms with van der Waals surface area (Å²) in [5.41, 5.74) is 2.23. The smallest absolute Gasteiger partial charge is 0.316 e. The number of hydrogen-bond acceptors (Lipinski definition) is 6. The number of Topliss-reactive ketones (excluding diaryl/α,β-unsaturated/α-hetero) is 1. The quantitative estimate of drug-likeness (QED) is 0.346. The average Bonchev–Trinajstić information content (AvgIpc) is 3.35. The topological polar surface area (TPSA) is 52.6 Å². The number of carbonyl (C=O) groups is 2. The molecule has 0 N–H and O–H groups in total. The van der Waals surface area contributed by atoms with Crippen molar-refractivity contribution in [1.82, 2.24) is 0 Å². The third-order valence-corrected chi connectivity index (χ3v) is 6.17. The minimum absolute atomic E-state index is 0.155. The first kappa shape index (κ1) is 17.7. The molecule has 0 aliphatic carbocycles. The molecule has 0 bridgehead atoms. The molecule has 0 spiro atoms. The number of ether oxygens (including phenoxy) is 2. The Balaban J connectivity index is 1.58. The predicted octanol–water partition coefficient (Wildman–Crippen LogP) is 5.19. The zero-order chi connectivity index (χ0) is 19.0. The van der Waals surface area contributed by atoms with Gasteiger partial charge in [0.1, 0.15) is 11.5 Å². The summed E-state index contributed by atoms with van der Waals surface area (Å²) in [5, 5.41) is 3.90. The van der Waals surface area contributed by atoms with Crippen LogP contribution in [-0.4, -0.2) is 11.8 Å². The summed E-state index contributed by atoms with van der Waals surface area (Å²) in [4.78, 5) is 26.8. The highest BCUT2D eigenvalue weighted by molar-refractivity contribution is 7.11. The summed E-state index contributed by atoms with van der Waals surface area (Å²) >= 11 is 3.07. The van der Waals surface area contributed by atoms with Crippen LogP contribution in [0.2, 0.25) is 0 Å². The Bertz CT molecular complexity index is 1060. The van der Waals surface area contributed by atoms with E-state index in [4.69, 9.17) is 9.47 Å². The molecule has 3 aromatic rings. The van der Waals surface area contributed by atoms with Gasteiger partial charge in [-0.2, -0.15) is 0 Å². The van der Waals surface area contributed by atoms with E-state index in [2.05, 4.69) is 0 Å². The molecule has 0 radical (unpaired) electrons. The molecule has 27 heavy (non-hydrogen) atoms. The van der Waals surface area contributed by atoms with E-state index in [-0.39, 0.29) is 18.2 Å². The maximum absolute atomic E-state index is 12.6. The summed E-state index contributed by atoms with van der Waals surface area (Å²) in [6.07, 6.45) is 1.99. The lowest BCUT2D eigenvalue weighted by atomic mass is 10.1. The van der Waals surface area contributed by atoms with Crippen LogP contribution in [0.4, 0.5) is 0 Å². The van der Waals surface area contributed by atoms with E-state index in [1.165, 1.54) is 11.3 Å². The van der Waals surface area contributed by atoms with Crippen molar-refractivity contribution in [3.63, 3.8) is 0 Å². The fourth-order valence-corrected chi connectivity index (χ4v) is 4.38. The van der Waals surface area contributed by atoms with Gasteiger partial charge in [-0.3, -0.25) is 9.59 Å². The summed E-state index contributed by atoms with van der Waals surface area (Å²) in [6.45, 7) is 3.78. The zero-order valence-electron chi connectivity index (χ0n) is 14.8. The van der Waals surface area contributed by atoms with Crippen molar-refractivity contribution in [2.45, 2.75) is 20.3 Å². The van der Waals surface area contributed by atoms with Crippen molar-refractivity contribution in [2.75, 3.05) is 0 Å². The van der Waals surface area contributed by atoms with E-state index in [9.17, 15) is 9.59 Å². The third-order valence-electron chi connectivity index (χ3n) is 4.32. The van der Waals surface area contributed by atoms with Gasteiger partial charge >= 0.3 is 5.97 Å². The number of rotatable bonds is 4. The highest BCUT2D eigenvalue weighted by Gasteiger charge is 2.30. The van der Waals surface area contributed by atoms with Crippen molar-refractivity contribution in [3.05, 3.63) is 73.3 Å². The standard InChI is InChI=1S/C21H16O4S2/c1-12-7-9-27-18(12)11-17-20(23)15-5-6-16(13(2)21(15)25-17)24-19(22)10-14-4-3-8-26-14/h3-9,11H,10H2,1-2H3/b17-11-. The van der Waals surface area contributed by atoms with Gasteiger partial charge in [0.15, 0.2) is 5.76 Å². The van der Waals surface area contributed by atoms with E-state index in [1.54, 1.807) is 36.5 Å². The van der Waals surface area contributed by atoms with E-state index >= 15 is 0 Å². The monoisotopic (exact) mass is 396 g/mol. The minimum Gasteiger partial charge on any atom is -0.452 e. The molecule has 0 unspecified atom stereocenters. The summed E-state index contributed by atoms with van der Waals surface area (Å²) in [7, 11) is 0. The van der Waals surface area contributed by atoms with Gasteiger partial charge in [0.2, 0.25) is 5.78 Å². The molecular formula is C21H16O4S2. The van der Waals surface area contributed by atoms with Crippen LogP contribution in [0.15, 0.2) is 46.9 Å². The molecule has 0 atom stereocenters. The van der Waals surface area contributed by atoms with Crippen molar-refractivity contribution in [1.29, 1.82) is 0 Å². The molecule has 2 aromatic heterocycles. The first-order valence-corrected chi connectivity index (χ1v) is 10.1. The number of carbonyl (C=O) groups excluding carboxylic acids is 2. The van der Waals surface area contributed by atoms with E-state index in [1.807, 2.05) is 35.9 Å². The van der Waals surface area contributed by atoms with Crippen molar-refractivity contribution in [2.24, 2.45) is 0 Å². The SMILES string of the molecule is Cc1ccsc1/C=C1\Oc2c(ccc(OC(=O)Cc3cccs3)c2C)C1=O. The van der Waals surface area contributed by atoms with E-state index < -0.39 is 0 Å². The Kier molecular flexibility index (Phi) is 4.68. The van der Waals surface area contributed by atoms with Gasteiger partial charge in [-0.05, 0) is 54.4 Å². The zero-order valence-corrected chi connectivity index (χ0v) is 16.4. The van der Waals surface area contributed by atoms with Crippen LogP contribution in [0.3, 0.4) is 0 Å². The number of aryl methyl sites for hydroxylation is 1. The third kappa shape index (κ3) is 3.46. The molecule has 6 heteroatoms. The second kappa shape index (κ2) is 7.13. The highest BCUT2D eigenvalue weighted by atomic mass is 32.1. The maximum atomic E-state index is 12.6. The molecule has 0 saturated carbocycles. The minimum atomic E-state index is -0.338. The summed E-state index contributed by atoms with van der Waals surface area (Å²) < 4.78 is 11.3. The molecule has 4 nitrogen and oxygen atoms in total. The van der Waals surface area contributed by atoms with Crippen LogP contribution in [0.1, 0.15) is 31.2 Å². The van der Waals surface area contributed by atoms with E-state index in [0.717, 1.165) is 15.3 Å². The first-order valence-electron chi connectivity index (χ1n) is 8.38. The summed E-state index contributed by atoms with van der Waals surface area (Å²) in [6, 6.07) is 9.10. The van der Waals surface area contributed by atoms with Crippen LogP contribution in [-0.2, 0) is 11.2 Å². The number of ketones is 1. The van der Waals surface area contributed by atoms with Gasteiger partial charge in [-0.15, -0.1) is 22.7 Å². The Morgan fingerprint density at radius 2 is 2.00 bits per heavy atom. The number of thiophene rings is 2. The van der Waals surface area contributed by atoms with Crippen LogP contribution in [0.5, 0.6) is 11.5 Å². The summed E-state index contributed by atoms with van der Waals surface area (Å²) in [5.74, 6) is 0.673. The normalized spacial score (nSPS) is 14.3. The molecular weight excluding hydrogens is 380 g/mol. The predicted molar refractivity (Wildman–Crippen MR) is 107 cm³/mol. The molecule has 4 rings (SSSR count). The molecule has 1 aliphatic heterocycles. The maximum Gasteiger partial charge on any atom is 0.316 e. The van der Waals surface area contributed by atoms with Crippen molar-refractivity contribution in [3.8, 4) is 11.5 Å². The van der Waals surface area contributed by atoms with Crippen LogP contribution < -0.4 is 9.47 Å². The number of esters is 1. The number of fused-ring (bicyclic) bond motifs is 1. The largest absolute Gasteiger partial charge is 0.452 e. The molecule has 1 aromatic carbocycles. The second-order valence-electron chi connectivity index (χ2n) is 6.20. The Labute approximate surface area is 164 Å². The number of benzene rings is 1. The Morgan fingerprint density at radius 1 is 1.15 bits per heavy atom. The van der Waals surface area contributed by atoms with Gasteiger partial charge in [0, 0.05) is 21.4 Å². The lowest BCUT2D eigenvalue weighted by Crippen LogP contribution is -2.11. The molecule has 1 aliphatic rings. The molecule has 136 valence electrons. The van der Waals surface area contributed by atoms with Gasteiger partial charge in [-0.25, -0.2) is 0 Å². The highest BCUT2D eigenvalue weighted by Crippen LogP contribution is 2.39. The fraction of sp³-hybridized carbons (Fsp3) is 0.143. The van der Waals surface area contributed by atoms with Crippen molar-refractivity contribution >= 4 is 40.5 Å². The van der Waals surface area contributed by atoms with Gasteiger partial charge in [0.25, 0.3) is 0 Å². The molecule has 0 amide bonds. The van der Waals surface area contributed by atoms with Crippen LogP contribution >= 0.6 is 22.7 Å². The number of allylic oxidation sites excluding steroid dienone is 1. The van der Waals surface area contributed by atoms with Crippen LogP contribution in [0.25, 0.3) is 6.08 Å². The molecule has 0 saturated heterocycles. The second-order valence-corrected chi connectivity index (χ2v) is 8.18. The molecule has 3 heterocycles. The Morgan fingerprint density at radius 3 is 2.70 bits per heavy atom. The lowest BCUT2D eigenvalue weighted by molar-refractivity contribution is -0.133. The van der Waals surface area contributed by atoms with Gasteiger partial charge in [-0.1, -0.05) is 6.07 Å². The Hall–Kier alpha value is -2.70. The molecule has 0 fully saturated rings.